The first-order valence-corrected chi connectivity index (χ1v) is 34.1. The third-order valence-corrected chi connectivity index (χ3v) is 18.1. The van der Waals surface area contributed by atoms with Gasteiger partial charge >= 0.3 is 11.9 Å². The van der Waals surface area contributed by atoms with Crippen LogP contribution in [0.25, 0.3) is 0 Å². The number of carbonyl (C=O) groups is 11. The molecule has 2 fully saturated rings. The monoisotopic (exact) mass is 1370 g/mol. The van der Waals surface area contributed by atoms with Gasteiger partial charge in [0, 0.05) is 89.1 Å². The predicted octanol–water partition coefficient (Wildman–Crippen LogP) is 7.48. The van der Waals surface area contributed by atoms with Crippen LogP contribution in [0.5, 0.6) is 11.5 Å². The van der Waals surface area contributed by atoms with E-state index in [9.17, 15) is 47.9 Å². The Morgan fingerprint density at radius 2 is 1.35 bits per heavy atom. The normalized spacial score (nSPS) is 21.9. The van der Waals surface area contributed by atoms with Crippen LogP contribution in [0.4, 0.5) is 11.4 Å². The lowest BCUT2D eigenvalue weighted by atomic mass is 9.87. The van der Waals surface area contributed by atoms with E-state index in [1.807, 2.05) is 26.0 Å². The van der Waals surface area contributed by atoms with E-state index >= 15 is 4.79 Å². The number of methoxy groups -OCH3 is 2. The van der Waals surface area contributed by atoms with Gasteiger partial charge in [0.1, 0.15) is 42.9 Å². The highest BCUT2D eigenvalue weighted by molar-refractivity contribution is 6.38. The highest BCUT2D eigenvalue weighted by atomic mass is 16.5. The summed E-state index contributed by atoms with van der Waals surface area (Å²) in [4.78, 5) is 162. The Balaban J connectivity index is 1.08. The van der Waals surface area contributed by atoms with Crippen LogP contribution in [0, 0.1) is 11.3 Å². The molecule has 0 aromatic heterocycles. The number of ether oxygens (including phenoxy) is 4. The van der Waals surface area contributed by atoms with Crippen molar-refractivity contribution in [3.63, 3.8) is 0 Å². The first kappa shape index (κ1) is 75.5. The van der Waals surface area contributed by atoms with Crippen molar-refractivity contribution in [1.29, 1.82) is 0 Å². The summed E-state index contributed by atoms with van der Waals surface area (Å²) in [5.74, 6) is -6.18. The molecule has 3 aliphatic heterocycles. The lowest BCUT2D eigenvalue weighted by molar-refractivity contribution is -0.165. The number of anilines is 2. The van der Waals surface area contributed by atoms with E-state index in [-0.39, 0.29) is 82.6 Å². The quantitative estimate of drug-likeness (QED) is 0.0597. The minimum absolute atomic E-state index is 0.0378. The van der Waals surface area contributed by atoms with Gasteiger partial charge in [0.15, 0.2) is 11.5 Å². The van der Waals surface area contributed by atoms with Gasteiger partial charge in [-0.15, -0.1) is 0 Å². The van der Waals surface area contributed by atoms with E-state index in [0.29, 0.717) is 77.2 Å². The number of likely N-dealkylation sites (N-methyl/N-ethyl adjacent to an activating group) is 2. The Hall–Kier alpha value is -10.2. The largest absolute Gasteiger partial charge is 0.493 e. The van der Waals surface area contributed by atoms with Crippen LogP contribution in [-0.4, -0.2) is 176 Å². The van der Waals surface area contributed by atoms with Gasteiger partial charge in [0.05, 0.1) is 19.6 Å². The Morgan fingerprint density at radius 3 is 2.06 bits per heavy atom. The standard InChI is InChI=1S/C76H93N9O15/c1-49(2)44-60-72(93)82(5)43-40-77-39-18-28-66(88)99-48-76(3,4)68(89)74(95)85-41-16-15-26-59(85)75(96)100-61(35-31-51-32-36-62(97-7)63(46-51)98-8)54-22-17-25-56(47-54)78-64(86)37-38-65(87)81-67(52-20-11-9-12-21-52)70(91)80-57(71(92)84-42-19-27-58(84)73(94)83(60)6)45-50-29-33-53(34-30-50)69(90)79-55-23-13-10-14-24-55/h9-14,17-18,20-25,28-30,32-34,36,46-47,49,57-61,67,77H,15-16,19,26-27,31,35,37-45,48H2,1-8H3,(H,78,86)(H,79,90)(H,80,91)(H,81,87)/t57-,58+,59-,60-,61+,67-/m0/s1. The number of cyclic esters (lactones) is 2. The number of piperidine rings is 1. The fraction of sp³-hybridized carbons (Fsp3) is 0.434. The zero-order chi connectivity index (χ0) is 72.0. The van der Waals surface area contributed by atoms with Crippen molar-refractivity contribution in [2.45, 2.75) is 135 Å². The Morgan fingerprint density at radius 1 is 0.680 bits per heavy atom. The molecule has 2 bridgehead atoms. The van der Waals surface area contributed by atoms with Gasteiger partial charge in [-0.25, -0.2) is 9.59 Å². The number of amides is 8. The average molecular weight is 1370 g/mol. The SMILES string of the molecule is COc1ccc(CC[C@H]2OC(=O)[C@@H]3CCCCN3C(=O)C(=O)C(C)(C)COC(=O)C=CCNCCN(C)C(=O)[C@H](CC(C)C)N(C)C(=O)[C@H]3CCCN3C(=O)[C@H](Cc3ccc(C(=O)Nc4ccccc4)cc3)NC(=O)[C@H](c3ccccc3)NC(=O)CCC(=O)Nc3cccc2c3)cc1OC. The summed E-state index contributed by atoms with van der Waals surface area (Å²) in [5, 5.41) is 14.6. The molecule has 6 atom stereocenters. The third-order valence-electron chi connectivity index (χ3n) is 18.1. The van der Waals surface area contributed by atoms with Crippen LogP contribution in [0.15, 0.2) is 140 Å². The van der Waals surface area contributed by atoms with Gasteiger partial charge in [-0.1, -0.05) is 98.8 Å². The number of benzene rings is 5. The highest BCUT2D eigenvalue weighted by Gasteiger charge is 2.44. The molecule has 5 aromatic carbocycles. The van der Waals surface area contributed by atoms with Crippen LogP contribution < -0.4 is 36.1 Å². The molecule has 0 spiro atoms. The van der Waals surface area contributed by atoms with Crippen molar-refractivity contribution >= 4 is 76.4 Å². The maximum Gasteiger partial charge on any atom is 0.330 e. The van der Waals surface area contributed by atoms with Crippen LogP contribution in [0.2, 0.25) is 0 Å². The average Bonchev–Trinajstić information content (AvgIpc) is 1.37. The Kier molecular flexibility index (Phi) is 27.2. The molecular formula is C76H93N9O15. The summed E-state index contributed by atoms with van der Waals surface area (Å²) in [6.07, 6.45) is 3.70. The number of nitrogens with zero attached hydrogens (tertiary/aromatic N) is 4. The van der Waals surface area contributed by atoms with Gasteiger partial charge in [-0.05, 0) is 142 Å². The topological polar surface area (TPSA) is 298 Å². The molecule has 3 aliphatic rings. The first-order chi connectivity index (χ1) is 47.9. The van der Waals surface area contributed by atoms with Crippen molar-refractivity contribution in [2.75, 3.05) is 78.3 Å². The zero-order valence-corrected chi connectivity index (χ0v) is 58.3. The molecule has 5 N–H and O–H groups in total. The maximum atomic E-state index is 15.3. The fourth-order valence-corrected chi connectivity index (χ4v) is 12.4. The number of hydrogen-bond donors (Lipinski definition) is 5. The Labute approximate surface area is 584 Å². The molecule has 3 heterocycles. The predicted molar refractivity (Wildman–Crippen MR) is 374 cm³/mol. The fourth-order valence-electron chi connectivity index (χ4n) is 12.4. The summed E-state index contributed by atoms with van der Waals surface area (Å²) in [5.41, 5.74) is 1.92. The molecule has 8 amide bonds. The van der Waals surface area contributed by atoms with Gasteiger partial charge in [0.2, 0.25) is 41.2 Å². The summed E-state index contributed by atoms with van der Waals surface area (Å²) in [6, 6.07) is 30.1. The molecular weight excluding hydrogens is 1280 g/mol. The number of carbonyl (C=O) groups excluding carboxylic acids is 11. The number of nitrogens with one attached hydrogen (secondary N) is 5. The molecule has 24 nitrogen and oxygen atoms in total. The third kappa shape index (κ3) is 20.7. The number of Topliss-reactive ketones (excluding diaryl/α,β-unsaturated/α-hetero) is 1. The molecule has 2 saturated heterocycles. The second-order valence-corrected chi connectivity index (χ2v) is 26.5. The molecule has 532 valence electrons. The van der Waals surface area contributed by atoms with Crippen molar-refractivity contribution in [1.82, 2.24) is 35.6 Å². The van der Waals surface area contributed by atoms with E-state index in [4.69, 9.17) is 18.9 Å². The van der Waals surface area contributed by atoms with Gasteiger partial charge in [-0.3, -0.25) is 43.2 Å². The molecule has 24 heteroatoms. The molecule has 0 unspecified atom stereocenters. The summed E-state index contributed by atoms with van der Waals surface area (Å²) in [7, 11) is 6.20. The van der Waals surface area contributed by atoms with Crippen molar-refractivity contribution in [3.8, 4) is 11.5 Å². The smallest absolute Gasteiger partial charge is 0.330 e. The number of hydrogen-bond acceptors (Lipinski definition) is 16. The second kappa shape index (κ2) is 36.0. The minimum atomic E-state index is -1.50. The molecule has 8 rings (SSSR count). The lowest BCUT2D eigenvalue weighted by Crippen LogP contribution is -2.58. The van der Waals surface area contributed by atoms with Crippen LogP contribution in [-0.2, 0) is 70.3 Å². The molecule has 0 aliphatic carbocycles. The van der Waals surface area contributed by atoms with Gasteiger partial charge in [-0.2, -0.15) is 0 Å². The first-order valence-electron chi connectivity index (χ1n) is 34.1. The zero-order valence-electron chi connectivity index (χ0n) is 58.3. The van der Waals surface area contributed by atoms with E-state index in [2.05, 4.69) is 26.6 Å². The Bertz CT molecular complexity index is 3750. The highest BCUT2D eigenvalue weighted by Crippen LogP contribution is 2.33. The number of rotatable bonds is 12. The number of fused-ring (bicyclic) bond motifs is 4. The minimum Gasteiger partial charge on any atom is -0.493 e. The number of para-hydroxylation sites is 1. The summed E-state index contributed by atoms with van der Waals surface area (Å²) < 4.78 is 22.9. The molecule has 0 saturated carbocycles. The van der Waals surface area contributed by atoms with Crippen molar-refractivity contribution < 1.29 is 71.7 Å². The van der Waals surface area contributed by atoms with Crippen LogP contribution in [0.3, 0.4) is 0 Å². The van der Waals surface area contributed by atoms with E-state index < -0.39 is 108 Å². The molecule has 100 heavy (non-hydrogen) atoms. The molecule has 5 aromatic rings. The van der Waals surface area contributed by atoms with Gasteiger partial charge < -0.3 is 65.1 Å². The number of esters is 2. The summed E-state index contributed by atoms with van der Waals surface area (Å²) in [6.45, 7) is 7.28. The van der Waals surface area contributed by atoms with Crippen molar-refractivity contribution in [3.05, 3.63) is 167 Å². The van der Waals surface area contributed by atoms with Crippen LogP contribution in [0.1, 0.15) is 130 Å². The van der Waals surface area contributed by atoms with E-state index in [0.717, 1.165) is 5.56 Å². The summed E-state index contributed by atoms with van der Waals surface area (Å²) >= 11 is 0. The number of ketones is 1. The van der Waals surface area contributed by atoms with E-state index in [1.165, 1.54) is 59.8 Å². The number of aryl methyl sites for hydroxylation is 1. The van der Waals surface area contributed by atoms with Crippen molar-refractivity contribution in [2.24, 2.45) is 11.3 Å². The second-order valence-electron chi connectivity index (χ2n) is 26.5. The van der Waals surface area contributed by atoms with E-state index in [1.54, 1.807) is 129 Å². The van der Waals surface area contributed by atoms with Crippen LogP contribution >= 0.6 is 0 Å². The van der Waals surface area contributed by atoms with Gasteiger partial charge in [0.25, 0.3) is 11.8 Å². The lowest BCUT2D eigenvalue weighted by Gasteiger charge is -2.36. The molecule has 0 radical (unpaired) electrons. The maximum absolute atomic E-state index is 15.3.